The molecule has 0 aromatic rings. The summed E-state index contributed by atoms with van der Waals surface area (Å²) in [5.74, 6) is 1.13. The molecule has 2 rings (SSSR count). The smallest absolute Gasteiger partial charge is 0.306 e. The summed E-state index contributed by atoms with van der Waals surface area (Å²) in [4.78, 5) is 41.0. The molecule has 8 nitrogen and oxygen atoms in total. The highest BCUT2D eigenvalue weighted by Crippen LogP contribution is 2.60. The molecule has 2 bridgehead atoms. The lowest BCUT2D eigenvalue weighted by atomic mass is 9.49. The molecule has 4 atom stereocenters. The molecule has 0 aromatic heterocycles. The maximum Gasteiger partial charge on any atom is 0.306 e. The zero-order chi connectivity index (χ0) is 53.0. The van der Waals surface area contributed by atoms with Crippen LogP contribution in [0.1, 0.15) is 312 Å². The number of fused-ring (bicyclic) bond motifs is 2. The molecule has 2 aliphatic carbocycles. The molecule has 72 heavy (non-hydrogen) atoms. The van der Waals surface area contributed by atoms with Crippen molar-refractivity contribution in [3.05, 3.63) is 0 Å². The Morgan fingerprint density at radius 2 is 0.847 bits per heavy atom. The van der Waals surface area contributed by atoms with Crippen LogP contribution in [0.2, 0.25) is 0 Å². The van der Waals surface area contributed by atoms with Crippen LogP contribution < -0.4 is 0 Å². The Labute approximate surface area is 447 Å². The van der Waals surface area contributed by atoms with E-state index in [-0.39, 0.29) is 34.8 Å². The fraction of sp³-hybridized carbons (Fsp3) is 0.953. The molecule has 8 heteroatoms. The third-order valence-corrected chi connectivity index (χ3v) is 16.7. The van der Waals surface area contributed by atoms with Crippen LogP contribution in [0, 0.1) is 34.0 Å². The zero-order valence-electron chi connectivity index (χ0n) is 49.4. The number of likely N-dealkylation sites (N-methyl/N-ethyl adjacent to an activating group) is 1. The number of rotatable bonds is 48. The second kappa shape index (κ2) is 44.5. The van der Waals surface area contributed by atoms with E-state index < -0.39 is 0 Å². The van der Waals surface area contributed by atoms with Gasteiger partial charge in [-0.3, -0.25) is 14.4 Å². The van der Waals surface area contributed by atoms with Gasteiger partial charge in [-0.1, -0.05) is 235 Å². The van der Waals surface area contributed by atoms with Crippen molar-refractivity contribution in [1.82, 2.24) is 4.90 Å². The molecule has 2 aliphatic rings. The number of aliphatic hydroxyl groups excluding tert-OH is 1. The van der Waals surface area contributed by atoms with E-state index in [2.05, 4.69) is 53.4 Å². The van der Waals surface area contributed by atoms with Gasteiger partial charge in [-0.25, -0.2) is 0 Å². The lowest BCUT2D eigenvalue weighted by molar-refractivity contribution is -0.167. The molecule has 0 heterocycles. The van der Waals surface area contributed by atoms with Crippen molar-refractivity contribution >= 4 is 18.4 Å². The minimum absolute atomic E-state index is 0.0273. The summed E-state index contributed by atoms with van der Waals surface area (Å²) >= 11 is 0. The van der Waals surface area contributed by atoms with Crippen LogP contribution in [-0.2, 0) is 28.6 Å². The average molecular weight is 1020 g/mol. The number of hydrogen-bond acceptors (Lipinski definition) is 8. The Morgan fingerprint density at radius 3 is 1.21 bits per heavy atom. The number of nitrogens with zero attached hydrogens (tertiary/aromatic N) is 1. The second-order valence-corrected chi connectivity index (χ2v) is 24.8. The number of ether oxygens (including phenoxy) is 3. The van der Waals surface area contributed by atoms with E-state index in [1.165, 1.54) is 193 Å². The number of aliphatic hydroxyl groups is 1. The van der Waals surface area contributed by atoms with Gasteiger partial charge in [-0.05, 0) is 95.6 Å². The third kappa shape index (κ3) is 35.6. The summed E-state index contributed by atoms with van der Waals surface area (Å²) in [5, 5.41) is 8.49. The minimum Gasteiger partial charge on any atom is -0.467 e. The van der Waals surface area contributed by atoms with Crippen LogP contribution in [0.5, 0.6) is 0 Å². The van der Waals surface area contributed by atoms with Gasteiger partial charge in [-0.15, -0.1) is 0 Å². The predicted molar refractivity (Wildman–Crippen MR) is 305 cm³/mol. The van der Waals surface area contributed by atoms with Crippen molar-refractivity contribution in [3.63, 3.8) is 0 Å². The maximum atomic E-state index is 13.8. The molecular formula is C64H123NO7. The minimum atomic E-state index is -0.220. The predicted octanol–water partition coefficient (Wildman–Crippen LogP) is 18.1. The molecular weight excluding hydrogens is 895 g/mol. The van der Waals surface area contributed by atoms with Gasteiger partial charge in [0, 0.05) is 35.6 Å². The Kier molecular flexibility index (Phi) is 42.2. The normalized spacial score (nSPS) is 20.7. The summed E-state index contributed by atoms with van der Waals surface area (Å²) in [6.45, 7) is 19.8. The molecule has 0 spiro atoms. The summed E-state index contributed by atoms with van der Waals surface area (Å²) < 4.78 is 18.1. The van der Waals surface area contributed by atoms with E-state index in [9.17, 15) is 14.4 Å². The lowest BCUT2D eigenvalue weighted by Gasteiger charge is -2.57. The Morgan fingerprint density at radius 1 is 0.500 bits per heavy atom. The van der Waals surface area contributed by atoms with Gasteiger partial charge < -0.3 is 24.2 Å². The lowest BCUT2D eigenvalue weighted by Crippen LogP contribution is -2.52. The molecule has 0 radical (unpaired) electrons. The quantitative estimate of drug-likeness (QED) is 0.0278. The average Bonchev–Trinajstić information content (AvgIpc) is 3.34. The molecule has 2 saturated carbocycles. The topological polar surface area (TPSA) is 102 Å². The number of unbranched alkanes of at least 4 members (excludes halogenated alkanes) is 25. The van der Waals surface area contributed by atoms with E-state index in [1.807, 2.05) is 7.05 Å². The molecule has 4 unspecified atom stereocenters. The number of esters is 2. The Hall–Kier alpha value is -1.67. The SMILES string of the molecule is CCCCCCCCCC(CCCCCCCCC)CC(=O)OCC1(C)CC2CC(C)(COC=O)CC(COC(=O)CC(CCCCCCCCC)CCCCCCCCC)(C2)C1.CCCCN(C)CCO. The second-order valence-electron chi connectivity index (χ2n) is 24.8. The van der Waals surface area contributed by atoms with E-state index >= 15 is 0 Å². The summed E-state index contributed by atoms with van der Waals surface area (Å²) in [5.41, 5.74) is -0.562. The molecule has 0 saturated heterocycles. The maximum absolute atomic E-state index is 13.8. The molecule has 2 fully saturated rings. The van der Waals surface area contributed by atoms with Gasteiger partial charge in [0.25, 0.3) is 6.47 Å². The number of carbonyl (C=O) groups is 3. The number of hydrogen-bond donors (Lipinski definition) is 1. The van der Waals surface area contributed by atoms with Gasteiger partial charge >= 0.3 is 11.9 Å². The van der Waals surface area contributed by atoms with Crippen molar-refractivity contribution in [2.45, 2.75) is 312 Å². The van der Waals surface area contributed by atoms with Gasteiger partial charge in [0.1, 0.15) is 0 Å². The first-order valence-electron chi connectivity index (χ1n) is 31.5. The first kappa shape index (κ1) is 68.3. The summed E-state index contributed by atoms with van der Waals surface area (Å²) in [7, 11) is 2.03. The van der Waals surface area contributed by atoms with Crippen LogP contribution in [0.3, 0.4) is 0 Å². The highest BCUT2D eigenvalue weighted by molar-refractivity contribution is 5.70. The summed E-state index contributed by atoms with van der Waals surface area (Å²) in [6, 6.07) is 0. The molecule has 0 aliphatic heterocycles. The first-order valence-corrected chi connectivity index (χ1v) is 31.5. The van der Waals surface area contributed by atoms with Gasteiger partial charge in [0.2, 0.25) is 0 Å². The van der Waals surface area contributed by atoms with Crippen molar-refractivity contribution in [2.75, 3.05) is 46.6 Å². The Bertz CT molecular complexity index is 1240. The van der Waals surface area contributed by atoms with E-state index in [0.29, 0.717) is 56.9 Å². The zero-order valence-corrected chi connectivity index (χ0v) is 49.4. The van der Waals surface area contributed by atoms with Crippen LogP contribution in [0.25, 0.3) is 0 Å². The van der Waals surface area contributed by atoms with Crippen molar-refractivity contribution in [3.8, 4) is 0 Å². The highest BCUT2D eigenvalue weighted by atomic mass is 16.5. The van der Waals surface area contributed by atoms with Gasteiger partial charge in [0.15, 0.2) is 0 Å². The summed E-state index contributed by atoms with van der Waals surface area (Å²) in [6.07, 6.45) is 49.0. The standard InChI is InChI=1S/C57H106O6.C7H17NO/c1-7-11-15-19-23-27-31-35-50(36-32-28-24-20-16-12-8-2)39-53(59)62-47-56(6)42-52-41-55(5,46-61-49-58)44-57(43-52,45-56)48-63-54(60)40-51(37-33-29-25-21-17-13-9-3)38-34-30-26-22-18-14-10-4;1-3-4-5-8(2)6-7-9/h49-52H,7-48H2,1-6H3;9H,3-7H2,1-2H3. The van der Waals surface area contributed by atoms with Crippen molar-refractivity contribution in [2.24, 2.45) is 34.0 Å². The van der Waals surface area contributed by atoms with Crippen LogP contribution in [0.15, 0.2) is 0 Å². The van der Waals surface area contributed by atoms with E-state index in [4.69, 9.17) is 19.3 Å². The van der Waals surface area contributed by atoms with E-state index in [1.54, 1.807) is 0 Å². The van der Waals surface area contributed by atoms with E-state index in [0.717, 1.165) is 70.9 Å². The van der Waals surface area contributed by atoms with Crippen molar-refractivity contribution < 1.29 is 33.7 Å². The van der Waals surface area contributed by atoms with Crippen LogP contribution in [-0.4, -0.2) is 75.0 Å². The van der Waals surface area contributed by atoms with Gasteiger partial charge in [0.05, 0.1) is 26.4 Å². The Balaban J connectivity index is 0.00000261. The molecule has 426 valence electrons. The van der Waals surface area contributed by atoms with Gasteiger partial charge in [-0.2, -0.15) is 0 Å². The fourth-order valence-electron chi connectivity index (χ4n) is 13.0. The van der Waals surface area contributed by atoms with Crippen LogP contribution in [0.4, 0.5) is 0 Å². The van der Waals surface area contributed by atoms with Crippen molar-refractivity contribution in [1.29, 1.82) is 0 Å². The highest BCUT2D eigenvalue weighted by Gasteiger charge is 2.55. The molecule has 0 aromatic carbocycles. The number of carbonyl (C=O) groups excluding carboxylic acids is 3. The molecule has 0 amide bonds. The molecule has 1 N–H and O–H groups in total. The third-order valence-electron chi connectivity index (χ3n) is 16.7. The fourth-order valence-corrected chi connectivity index (χ4v) is 13.0. The van der Waals surface area contributed by atoms with Crippen LogP contribution >= 0.6 is 0 Å². The largest absolute Gasteiger partial charge is 0.467 e. The first-order chi connectivity index (χ1) is 34.8. The monoisotopic (exact) mass is 1020 g/mol.